The SMILES string of the molecule is CCN1CCN(C(C)CNC(=NC)N2CCN(C/C=C/c3ccccc3)CC2)CC1.I. The highest BCUT2D eigenvalue weighted by atomic mass is 127. The molecule has 0 aromatic heterocycles. The molecule has 0 radical (unpaired) electrons. The Morgan fingerprint density at radius 3 is 2.26 bits per heavy atom. The molecule has 2 fully saturated rings. The van der Waals surface area contributed by atoms with Crippen LogP contribution in [0.15, 0.2) is 41.4 Å². The predicted octanol–water partition coefficient (Wildman–Crippen LogP) is 2.54. The quantitative estimate of drug-likeness (QED) is 0.327. The Hall–Kier alpha value is -1.16. The normalized spacial score (nSPS) is 20.6. The Morgan fingerprint density at radius 1 is 1.00 bits per heavy atom. The van der Waals surface area contributed by atoms with E-state index < -0.39 is 0 Å². The molecule has 1 aromatic carbocycles. The first-order chi connectivity index (χ1) is 14.7. The first-order valence-electron chi connectivity index (χ1n) is 11.6. The summed E-state index contributed by atoms with van der Waals surface area (Å²) in [5, 5.41) is 3.63. The summed E-state index contributed by atoms with van der Waals surface area (Å²) in [7, 11) is 1.90. The molecule has 0 aliphatic carbocycles. The van der Waals surface area contributed by atoms with Gasteiger partial charge in [0.2, 0.25) is 0 Å². The van der Waals surface area contributed by atoms with Crippen molar-refractivity contribution in [1.82, 2.24) is 24.9 Å². The predicted molar refractivity (Wildman–Crippen MR) is 143 cm³/mol. The van der Waals surface area contributed by atoms with Crippen molar-refractivity contribution in [2.24, 2.45) is 4.99 Å². The van der Waals surface area contributed by atoms with Crippen molar-refractivity contribution in [3.63, 3.8) is 0 Å². The average molecular weight is 541 g/mol. The van der Waals surface area contributed by atoms with Gasteiger partial charge in [-0.2, -0.15) is 0 Å². The van der Waals surface area contributed by atoms with Crippen LogP contribution in [0.3, 0.4) is 0 Å². The van der Waals surface area contributed by atoms with Gasteiger partial charge < -0.3 is 15.1 Å². The van der Waals surface area contributed by atoms with Crippen LogP contribution in [0, 0.1) is 0 Å². The maximum atomic E-state index is 4.55. The second-order valence-corrected chi connectivity index (χ2v) is 8.35. The second kappa shape index (κ2) is 14.1. The van der Waals surface area contributed by atoms with Crippen LogP contribution in [-0.2, 0) is 0 Å². The van der Waals surface area contributed by atoms with Crippen molar-refractivity contribution in [2.45, 2.75) is 19.9 Å². The third-order valence-electron chi connectivity index (χ3n) is 6.39. The van der Waals surface area contributed by atoms with Crippen molar-refractivity contribution in [3.8, 4) is 0 Å². The van der Waals surface area contributed by atoms with Gasteiger partial charge in [-0.1, -0.05) is 49.4 Å². The zero-order valence-corrected chi connectivity index (χ0v) is 21.9. The van der Waals surface area contributed by atoms with E-state index in [1.807, 2.05) is 7.05 Å². The first kappa shape index (κ1) is 26.1. The summed E-state index contributed by atoms with van der Waals surface area (Å²) in [5.74, 6) is 1.05. The van der Waals surface area contributed by atoms with E-state index in [1.165, 1.54) is 38.3 Å². The van der Waals surface area contributed by atoms with Gasteiger partial charge in [0.05, 0.1) is 0 Å². The molecular formula is C24H41IN6. The summed E-state index contributed by atoms with van der Waals surface area (Å²) in [6.45, 7) is 16.7. The number of likely N-dealkylation sites (N-methyl/N-ethyl adjacent to an activating group) is 1. The van der Waals surface area contributed by atoms with Gasteiger partial charge in [-0.15, -0.1) is 24.0 Å². The smallest absolute Gasteiger partial charge is 0.193 e. The van der Waals surface area contributed by atoms with Crippen molar-refractivity contribution in [1.29, 1.82) is 0 Å². The van der Waals surface area contributed by atoms with Crippen molar-refractivity contribution in [2.75, 3.05) is 79.0 Å². The minimum absolute atomic E-state index is 0. The third kappa shape index (κ3) is 8.36. The van der Waals surface area contributed by atoms with Crippen LogP contribution in [0.1, 0.15) is 19.4 Å². The Bertz CT molecular complexity index is 664. The van der Waals surface area contributed by atoms with Gasteiger partial charge in [-0.05, 0) is 19.0 Å². The largest absolute Gasteiger partial charge is 0.355 e. The molecule has 1 atom stereocenters. The molecule has 2 heterocycles. The fraction of sp³-hybridized carbons (Fsp3) is 0.625. The number of halogens is 1. The van der Waals surface area contributed by atoms with Gasteiger partial charge in [0.25, 0.3) is 0 Å². The van der Waals surface area contributed by atoms with E-state index in [0.717, 1.165) is 45.2 Å². The number of aliphatic imine (C=N–C) groups is 1. The van der Waals surface area contributed by atoms with E-state index >= 15 is 0 Å². The number of nitrogens with one attached hydrogen (secondary N) is 1. The van der Waals surface area contributed by atoms with Crippen LogP contribution in [0.25, 0.3) is 6.08 Å². The summed E-state index contributed by atoms with van der Waals surface area (Å²) < 4.78 is 0. The molecule has 0 amide bonds. The zero-order chi connectivity index (χ0) is 21.2. The number of piperazine rings is 2. The van der Waals surface area contributed by atoms with Crippen LogP contribution in [0.4, 0.5) is 0 Å². The van der Waals surface area contributed by atoms with Gasteiger partial charge in [0.1, 0.15) is 0 Å². The molecule has 1 unspecified atom stereocenters. The number of hydrogen-bond donors (Lipinski definition) is 1. The van der Waals surface area contributed by atoms with Gasteiger partial charge in [0, 0.05) is 78.5 Å². The summed E-state index contributed by atoms with van der Waals surface area (Å²) >= 11 is 0. The fourth-order valence-electron chi connectivity index (χ4n) is 4.26. The number of guanidine groups is 1. The lowest BCUT2D eigenvalue weighted by Gasteiger charge is -2.39. The average Bonchev–Trinajstić information content (AvgIpc) is 2.81. The van der Waals surface area contributed by atoms with Crippen LogP contribution in [0.2, 0.25) is 0 Å². The zero-order valence-electron chi connectivity index (χ0n) is 19.5. The van der Waals surface area contributed by atoms with Crippen LogP contribution in [0.5, 0.6) is 0 Å². The van der Waals surface area contributed by atoms with Crippen LogP contribution in [-0.4, -0.2) is 111 Å². The molecule has 6 nitrogen and oxygen atoms in total. The second-order valence-electron chi connectivity index (χ2n) is 8.35. The summed E-state index contributed by atoms with van der Waals surface area (Å²) in [6, 6.07) is 11.1. The molecule has 2 saturated heterocycles. The summed E-state index contributed by atoms with van der Waals surface area (Å²) in [4.78, 5) is 14.6. The topological polar surface area (TPSA) is 37.4 Å². The maximum absolute atomic E-state index is 4.55. The highest BCUT2D eigenvalue weighted by molar-refractivity contribution is 14.0. The van der Waals surface area contributed by atoms with E-state index in [-0.39, 0.29) is 24.0 Å². The van der Waals surface area contributed by atoms with E-state index in [9.17, 15) is 0 Å². The molecule has 2 aliphatic rings. The van der Waals surface area contributed by atoms with Gasteiger partial charge in [-0.25, -0.2) is 0 Å². The monoisotopic (exact) mass is 540 g/mol. The number of rotatable bonds is 7. The molecule has 1 N–H and O–H groups in total. The Morgan fingerprint density at radius 2 is 1.65 bits per heavy atom. The number of hydrogen-bond acceptors (Lipinski definition) is 4. The highest BCUT2D eigenvalue weighted by Crippen LogP contribution is 2.07. The van der Waals surface area contributed by atoms with Crippen molar-refractivity contribution >= 4 is 36.0 Å². The number of nitrogens with zero attached hydrogens (tertiary/aromatic N) is 5. The molecular weight excluding hydrogens is 499 g/mol. The minimum atomic E-state index is 0. The van der Waals surface area contributed by atoms with Crippen LogP contribution >= 0.6 is 24.0 Å². The molecule has 3 rings (SSSR count). The van der Waals surface area contributed by atoms with Crippen molar-refractivity contribution in [3.05, 3.63) is 42.0 Å². The van der Waals surface area contributed by atoms with Gasteiger partial charge >= 0.3 is 0 Å². The third-order valence-corrected chi connectivity index (χ3v) is 6.39. The standard InChI is InChI=1S/C24H40N6.HI/c1-4-27-13-17-29(18-14-27)22(2)21-26-24(25-3)30-19-15-28(16-20-30)12-8-11-23-9-6-5-7-10-23;/h5-11,22H,4,12-21H2,1-3H3,(H,25,26);1H/b11-8+;. The number of benzene rings is 1. The van der Waals surface area contributed by atoms with Gasteiger partial charge in [0.15, 0.2) is 5.96 Å². The molecule has 0 spiro atoms. The first-order valence-corrected chi connectivity index (χ1v) is 11.6. The Labute approximate surface area is 206 Å². The Balaban J connectivity index is 0.00000341. The molecule has 174 valence electrons. The van der Waals surface area contributed by atoms with E-state index in [2.05, 4.69) is 86.2 Å². The fourth-order valence-corrected chi connectivity index (χ4v) is 4.26. The summed E-state index contributed by atoms with van der Waals surface area (Å²) in [6.07, 6.45) is 4.49. The van der Waals surface area contributed by atoms with E-state index in [0.29, 0.717) is 6.04 Å². The lowest BCUT2D eigenvalue weighted by Crippen LogP contribution is -2.55. The molecule has 0 saturated carbocycles. The molecule has 1 aromatic rings. The lowest BCUT2D eigenvalue weighted by atomic mass is 10.2. The van der Waals surface area contributed by atoms with Crippen LogP contribution < -0.4 is 5.32 Å². The lowest BCUT2D eigenvalue weighted by molar-refractivity contribution is 0.106. The molecule has 0 bridgehead atoms. The Kier molecular flexibility index (Phi) is 11.9. The summed E-state index contributed by atoms with van der Waals surface area (Å²) in [5.41, 5.74) is 1.27. The van der Waals surface area contributed by atoms with Crippen molar-refractivity contribution < 1.29 is 0 Å². The maximum Gasteiger partial charge on any atom is 0.193 e. The van der Waals surface area contributed by atoms with E-state index in [4.69, 9.17) is 0 Å². The molecule has 2 aliphatic heterocycles. The van der Waals surface area contributed by atoms with Gasteiger partial charge in [-0.3, -0.25) is 14.8 Å². The van der Waals surface area contributed by atoms with E-state index in [1.54, 1.807) is 0 Å². The molecule has 7 heteroatoms. The molecule has 31 heavy (non-hydrogen) atoms. The minimum Gasteiger partial charge on any atom is -0.355 e. The highest BCUT2D eigenvalue weighted by Gasteiger charge is 2.22.